The second-order valence-corrected chi connectivity index (χ2v) is 4.17. The third kappa shape index (κ3) is 3.50. The average Bonchev–Trinajstić information content (AvgIpc) is 2.49. The molecule has 3 heteroatoms. The molecular formula is C16H17NO2. The van der Waals surface area contributed by atoms with Crippen molar-refractivity contribution >= 4 is 5.71 Å². The van der Waals surface area contributed by atoms with Gasteiger partial charge < -0.3 is 10.2 Å². The van der Waals surface area contributed by atoms with E-state index >= 15 is 0 Å². The van der Waals surface area contributed by atoms with Crippen LogP contribution >= 0.6 is 0 Å². The average molecular weight is 255 g/mol. The summed E-state index contributed by atoms with van der Waals surface area (Å²) in [6.45, 7) is 0.256. The van der Waals surface area contributed by atoms with E-state index in [0.717, 1.165) is 11.1 Å². The minimum Gasteiger partial charge on any atom is -0.394 e. The molecule has 2 aromatic carbocycles. The summed E-state index contributed by atoms with van der Waals surface area (Å²) >= 11 is 0. The Bertz CT molecular complexity index is 523. The number of hydrogen-bond acceptors (Lipinski definition) is 3. The van der Waals surface area contributed by atoms with Crippen LogP contribution in [-0.2, 0) is 0 Å². The molecule has 3 nitrogen and oxygen atoms in total. The molecule has 19 heavy (non-hydrogen) atoms. The topological polar surface area (TPSA) is 52.8 Å². The number of hydrogen-bond donors (Lipinski definition) is 2. The summed E-state index contributed by atoms with van der Waals surface area (Å²) in [5, 5.41) is 19.4. The van der Waals surface area contributed by atoms with E-state index in [-0.39, 0.29) is 13.2 Å². The third-order valence-corrected chi connectivity index (χ3v) is 2.83. The molecule has 0 saturated heterocycles. The Hall–Kier alpha value is -1.97. The molecule has 0 saturated carbocycles. The van der Waals surface area contributed by atoms with E-state index in [1.165, 1.54) is 0 Å². The van der Waals surface area contributed by atoms with Crippen LogP contribution in [0.25, 0.3) is 0 Å². The summed E-state index contributed by atoms with van der Waals surface area (Å²) in [6.07, 6.45) is -0.782. The molecule has 0 aromatic heterocycles. The zero-order chi connectivity index (χ0) is 13.5. The molecule has 0 aliphatic carbocycles. The first-order chi connectivity index (χ1) is 9.33. The molecule has 0 fully saturated rings. The van der Waals surface area contributed by atoms with Crippen molar-refractivity contribution in [2.24, 2.45) is 4.99 Å². The Morgan fingerprint density at radius 2 is 1.53 bits per heavy atom. The van der Waals surface area contributed by atoms with Crippen LogP contribution in [0.4, 0.5) is 0 Å². The third-order valence-electron chi connectivity index (χ3n) is 2.83. The normalized spacial score (nSPS) is 13.3. The van der Waals surface area contributed by atoms with Crippen LogP contribution in [-0.4, -0.2) is 29.1 Å². The standard InChI is InChI=1S/C16H17NO2/c18-12-11-17-15(13-7-3-1-4-8-13)16(19)14-9-5-2-6-10-14/h1-10,16,18-19H,11-12H2. The van der Waals surface area contributed by atoms with Crippen molar-refractivity contribution < 1.29 is 10.2 Å². The van der Waals surface area contributed by atoms with Crippen molar-refractivity contribution in [2.75, 3.05) is 13.2 Å². The maximum atomic E-state index is 10.4. The lowest BCUT2D eigenvalue weighted by atomic mass is 9.99. The molecule has 1 unspecified atom stereocenters. The second kappa shape index (κ2) is 6.83. The fourth-order valence-electron chi connectivity index (χ4n) is 1.91. The van der Waals surface area contributed by atoms with Crippen molar-refractivity contribution in [2.45, 2.75) is 6.10 Å². The quantitative estimate of drug-likeness (QED) is 0.805. The molecule has 0 aliphatic heterocycles. The van der Waals surface area contributed by atoms with Gasteiger partial charge in [-0.2, -0.15) is 0 Å². The number of benzene rings is 2. The number of rotatable bonds is 5. The van der Waals surface area contributed by atoms with E-state index in [2.05, 4.69) is 4.99 Å². The highest BCUT2D eigenvalue weighted by atomic mass is 16.3. The number of aliphatic imine (C=N–C) groups is 1. The van der Waals surface area contributed by atoms with Gasteiger partial charge in [0, 0.05) is 0 Å². The van der Waals surface area contributed by atoms with Gasteiger partial charge in [-0.25, -0.2) is 0 Å². The van der Waals surface area contributed by atoms with Crippen LogP contribution in [0.3, 0.4) is 0 Å². The monoisotopic (exact) mass is 255 g/mol. The molecule has 98 valence electrons. The molecule has 2 aromatic rings. The smallest absolute Gasteiger partial charge is 0.121 e. The number of aliphatic hydroxyl groups excluding tert-OH is 2. The van der Waals surface area contributed by atoms with Crippen LogP contribution < -0.4 is 0 Å². The maximum Gasteiger partial charge on any atom is 0.121 e. The van der Waals surface area contributed by atoms with Crippen molar-refractivity contribution in [3.63, 3.8) is 0 Å². The summed E-state index contributed by atoms with van der Waals surface area (Å²) in [4.78, 5) is 4.31. The van der Waals surface area contributed by atoms with Crippen molar-refractivity contribution in [1.29, 1.82) is 0 Å². The summed E-state index contributed by atoms with van der Waals surface area (Å²) in [6, 6.07) is 18.9. The van der Waals surface area contributed by atoms with E-state index in [4.69, 9.17) is 5.11 Å². The summed E-state index contributed by atoms with van der Waals surface area (Å²) < 4.78 is 0. The van der Waals surface area contributed by atoms with Gasteiger partial charge in [0.1, 0.15) is 6.10 Å². The molecule has 0 amide bonds. The molecule has 0 aliphatic rings. The van der Waals surface area contributed by atoms with Crippen LogP contribution in [0.15, 0.2) is 65.7 Å². The molecule has 0 heterocycles. The minimum atomic E-state index is -0.782. The molecule has 0 spiro atoms. The van der Waals surface area contributed by atoms with Crippen LogP contribution in [0.5, 0.6) is 0 Å². The molecule has 0 bridgehead atoms. The van der Waals surface area contributed by atoms with E-state index in [1.54, 1.807) is 0 Å². The van der Waals surface area contributed by atoms with Crippen molar-refractivity contribution in [1.82, 2.24) is 0 Å². The summed E-state index contributed by atoms with van der Waals surface area (Å²) in [5.41, 5.74) is 2.25. The largest absolute Gasteiger partial charge is 0.394 e. The van der Waals surface area contributed by atoms with Crippen molar-refractivity contribution in [3.05, 3.63) is 71.8 Å². The maximum absolute atomic E-state index is 10.4. The Kier molecular flexibility index (Phi) is 4.84. The van der Waals surface area contributed by atoms with Gasteiger partial charge in [-0.1, -0.05) is 60.7 Å². The van der Waals surface area contributed by atoms with E-state index in [9.17, 15) is 5.11 Å². The Morgan fingerprint density at radius 3 is 2.11 bits per heavy atom. The Labute approximate surface area is 112 Å². The Morgan fingerprint density at radius 1 is 0.947 bits per heavy atom. The lowest BCUT2D eigenvalue weighted by Crippen LogP contribution is -2.15. The van der Waals surface area contributed by atoms with Crippen LogP contribution in [0.2, 0.25) is 0 Å². The van der Waals surface area contributed by atoms with Crippen LogP contribution in [0, 0.1) is 0 Å². The van der Waals surface area contributed by atoms with Gasteiger partial charge in [0.05, 0.1) is 18.9 Å². The number of nitrogens with zero attached hydrogens (tertiary/aromatic N) is 1. The minimum absolute atomic E-state index is 0.0299. The fraction of sp³-hybridized carbons (Fsp3) is 0.188. The van der Waals surface area contributed by atoms with Crippen molar-refractivity contribution in [3.8, 4) is 0 Å². The predicted octanol–water partition coefficient (Wildman–Crippen LogP) is 2.20. The van der Waals surface area contributed by atoms with Gasteiger partial charge in [0.15, 0.2) is 0 Å². The molecule has 2 N–H and O–H groups in total. The van der Waals surface area contributed by atoms with E-state index in [1.807, 2.05) is 60.7 Å². The summed E-state index contributed by atoms with van der Waals surface area (Å²) in [7, 11) is 0. The van der Waals surface area contributed by atoms with Gasteiger partial charge in [-0.05, 0) is 11.1 Å². The highest BCUT2D eigenvalue weighted by Gasteiger charge is 2.16. The highest BCUT2D eigenvalue weighted by molar-refractivity contribution is 6.04. The zero-order valence-electron chi connectivity index (χ0n) is 10.6. The first-order valence-corrected chi connectivity index (χ1v) is 6.26. The fourth-order valence-corrected chi connectivity index (χ4v) is 1.91. The van der Waals surface area contributed by atoms with E-state index in [0.29, 0.717) is 5.71 Å². The first-order valence-electron chi connectivity index (χ1n) is 6.26. The SMILES string of the molecule is OCCN=C(c1ccccc1)C(O)c1ccccc1. The van der Waals surface area contributed by atoms with E-state index < -0.39 is 6.10 Å². The van der Waals surface area contributed by atoms with Crippen LogP contribution in [0.1, 0.15) is 17.2 Å². The first kappa shape index (κ1) is 13.5. The summed E-state index contributed by atoms with van der Waals surface area (Å²) in [5.74, 6) is 0. The predicted molar refractivity (Wildman–Crippen MR) is 76.3 cm³/mol. The van der Waals surface area contributed by atoms with Gasteiger partial charge >= 0.3 is 0 Å². The van der Waals surface area contributed by atoms with Gasteiger partial charge in [0.25, 0.3) is 0 Å². The van der Waals surface area contributed by atoms with Gasteiger partial charge in [-0.15, -0.1) is 0 Å². The number of aliphatic hydroxyl groups is 2. The zero-order valence-corrected chi connectivity index (χ0v) is 10.6. The second-order valence-electron chi connectivity index (χ2n) is 4.17. The highest BCUT2D eigenvalue weighted by Crippen LogP contribution is 2.19. The molecule has 2 rings (SSSR count). The van der Waals surface area contributed by atoms with Gasteiger partial charge in [0.2, 0.25) is 0 Å². The molecular weight excluding hydrogens is 238 g/mol. The lowest BCUT2D eigenvalue weighted by Gasteiger charge is -2.14. The lowest BCUT2D eigenvalue weighted by molar-refractivity contribution is 0.246. The molecule has 1 atom stereocenters. The Balaban J connectivity index is 2.34. The molecule has 0 radical (unpaired) electrons. The van der Waals surface area contributed by atoms with Gasteiger partial charge in [-0.3, -0.25) is 4.99 Å².